The Morgan fingerprint density at radius 3 is 2.36 bits per heavy atom. The van der Waals surface area contributed by atoms with Gasteiger partial charge in [-0.3, -0.25) is 9.59 Å². The monoisotopic (exact) mass is 381 g/mol. The van der Waals surface area contributed by atoms with Crippen molar-refractivity contribution in [2.24, 2.45) is 0 Å². The minimum Gasteiger partial charge on any atom is -0.489 e. The Morgan fingerprint density at radius 1 is 1.00 bits per heavy atom. The van der Waals surface area contributed by atoms with Crippen LogP contribution < -0.4 is 4.74 Å². The fraction of sp³-hybridized carbons (Fsp3) is 0.304. The summed E-state index contributed by atoms with van der Waals surface area (Å²) in [6.07, 6.45) is 4.33. The Labute approximate surface area is 166 Å². The van der Waals surface area contributed by atoms with Crippen LogP contribution in [-0.4, -0.2) is 37.0 Å². The van der Waals surface area contributed by atoms with Crippen LogP contribution in [0.5, 0.6) is 5.75 Å². The summed E-state index contributed by atoms with van der Waals surface area (Å²) >= 11 is 0. The summed E-state index contributed by atoms with van der Waals surface area (Å²) in [6, 6.07) is 17.6. The van der Waals surface area contributed by atoms with Gasteiger partial charge in [-0.05, 0) is 35.8 Å². The molecule has 0 saturated heterocycles. The Bertz CT molecular complexity index is 769. The largest absolute Gasteiger partial charge is 0.489 e. The van der Waals surface area contributed by atoms with Crippen molar-refractivity contribution in [3.8, 4) is 5.75 Å². The highest BCUT2D eigenvalue weighted by atomic mass is 16.5. The summed E-state index contributed by atoms with van der Waals surface area (Å²) in [5.74, 6) is 0.345. The average Bonchev–Trinajstić information content (AvgIpc) is 2.74. The molecule has 2 aromatic rings. The van der Waals surface area contributed by atoms with Gasteiger partial charge in [0.05, 0.1) is 13.5 Å². The van der Waals surface area contributed by atoms with Crippen LogP contribution in [0.3, 0.4) is 0 Å². The summed E-state index contributed by atoms with van der Waals surface area (Å²) in [5, 5.41) is 0. The molecule has 1 amide bonds. The van der Waals surface area contributed by atoms with Crippen molar-refractivity contribution in [2.75, 3.05) is 20.2 Å². The smallest absolute Gasteiger partial charge is 0.307 e. The molecule has 0 heterocycles. The van der Waals surface area contributed by atoms with Crippen LogP contribution in [0, 0.1) is 0 Å². The molecule has 0 N–H and O–H groups in total. The molecular formula is C23H27NO4. The van der Waals surface area contributed by atoms with E-state index in [1.807, 2.05) is 61.5 Å². The minimum absolute atomic E-state index is 0.116. The average molecular weight is 381 g/mol. The van der Waals surface area contributed by atoms with Crippen LogP contribution in [0.25, 0.3) is 6.08 Å². The molecule has 0 fully saturated rings. The third-order valence-electron chi connectivity index (χ3n) is 4.17. The maximum absolute atomic E-state index is 12.4. The van der Waals surface area contributed by atoms with Gasteiger partial charge in [0.15, 0.2) is 0 Å². The van der Waals surface area contributed by atoms with Crippen LogP contribution in [0.1, 0.15) is 30.9 Å². The van der Waals surface area contributed by atoms with Crippen molar-refractivity contribution in [3.63, 3.8) is 0 Å². The van der Waals surface area contributed by atoms with Gasteiger partial charge in [-0.1, -0.05) is 49.4 Å². The molecule has 0 radical (unpaired) electrons. The second-order valence-electron chi connectivity index (χ2n) is 6.33. The molecule has 0 aliphatic heterocycles. The molecule has 5 heteroatoms. The first-order valence-electron chi connectivity index (χ1n) is 9.43. The van der Waals surface area contributed by atoms with Crippen molar-refractivity contribution < 1.29 is 19.1 Å². The van der Waals surface area contributed by atoms with E-state index in [0.717, 1.165) is 23.3 Å². The lowest BCUT2D eigenvalue weighted by atomic mass is 10.2. The number of esters is 1. The number of carbonyl (C=O) groups excluding carboxylic acids is 2. The lowest BCUT2D eigenvalue weighted by Crippen LogP contribution is -2.32. The molecule has 0 bridgehead atoms. The van der Waals surface area contributed by atoms with Crippen LogP contribution in [0.15, 0.2) is 60.7 Å². The highest BCUT2D eigenvalue weighted by Crippen LogP contribution is 2.15. The van der Waals surface area contributed by atoms with Crippen LogP contribution in [0.2, 0.25) is 0 Å². The summed E-state index contributed by atoms with van der Waals surface area (Å²) in [5.41, 5.74) is 2.02. The summed E-state index contributed by atoms with van der Waals surface area (Å²) in [4.78, 5) is 25.4. The number of hydrogen-bond donors (Lipinski definition) is 0. The quantitative estimate of drug-likeness (QED) is 0.460. The number of carbonyl (C=O) groups is 2. The molecule has 0 aromatic heterocycles. The van der Waals surface area contributed by atoms with Gasteiger partial charge in [0.2, 0.25) is 5.91 Å². The van der Waals surface area contributed by atoms with Crippen LogP contribution in [-0.2, 0) is 20.9 Å². The van der Waals surface area contributed by atoms with Crippen molar-refractivity contribution in [1.82, 2.24) is 4.90 Å². The van der Waals surface area contributed by atoms with E-state index in [9.17, 15) is 9.59 Å². The molecule has 0 saturated carbocycles. The number of ether oxygens (including phenoxy) is 2. The first kappa shape index (κ1) is 21.2. The molecule has 0 atom stereocenters. The van der Waals surface area contributed by atoms with E-state index in [4.69, 9.17) is 4.74 Å². The van der Waals surface area contributed by atoms with E-state index >= 15 is 0 Å². The lowest BCUT2D eigenvalue weighted by Gasteiger charge is -2.19. The van der Waals surface area contributed by atoms with E-state index < -0.39 is 0 Å². The zero-order valence-electron chi connectivity index (χ0n) is 16.5. The molecular weight excluding hydrogens is 354 g/mol. The van der Waals surface area contributed by atoms with E-state index in [1.165, 1.54) is 13.2 Å². The lowest BCUT2D eigenvalue weighted by molar-refractivity contribution is -0.141. The summed E-state index contributed by atoms with van der Waals surface area (Å²) < 4.78 is 10.4. The molecule has 0 spiro atoms. The van der Waals surface area contributed by atoms with Gasteiger partial charge in [-0.15, -0.1) is 0 Å². The first-order chi connectivity index (χ1) is 13.6. The first-order valence-corrected chi connectivity index (χ1v) is 9.43. The van der Waals surface area contributed by atoms with Gasteiger partial charge >= 0.3 is 5.97 Å². The number of hydrogen-bond acceptors (Lipinski definition) is 4. The maximum atomic E-state index is 12.4. The third kappa shape index (κ3) is 7.27. The fourth-order valence-electron chi connectivity index (χ4n) is 2.62. The van der Waals surface area contributed by atoms with Crippen LogP contribution >= 0.6 is 0 Å². The number of amides is 1. The Kier molecular flexibility index (Phi) is 8.79. The topological polar surface area (TPSA) is 55.8 Å². The molecule has 5 nitrogen and oxygen atoms in total. The highest BCUT2D eigenvalue weighted by molar-refractivity contribution is 5.92. The van der Waals surface area contributed by atoms with E-state index in [0.29, 0.717) is 19.7 Å². The zero-order valence-corrected chi connectivity index (χ0v) is 16.5. The van der Waals surface area contributed by atoms with Gasteiger partial charge in [0.1, 0.15) is 12.4 Å². The Balaban J connectivity index is 1.89. The van der Waals surface area contributed by atoms with Gasteiger partial charge in [0.25, 0.3) is 0 Å². The predicted octanol–water partition coefficient (Wildman–Crippen LogP) is 4.08. The third-order valence-corrected chi connectivity index (χ3v) is 4.17. The molecule has 2 rings (SSSR count). The van der Waals surface area contributed by atoms with E-state index in [-0.39, 0.29) is 18.3 Å². The molecule has 2 aromatic carbocycles. The summed E-state index contributed by atoms with van der Waals surface area (Å²) in [6.45, 7) is 3.47. The minimum atomic E-state index is -0.316. The number of benzene rings is 2. The number of methoxy groups -OCH3 is 1. The highest BCUT2D eigenvalue weighted by Gasteiger charge is 2.12. The van der Waals surface area contributed by atoms with Crippen LogP contribution in [0.4, 0.5) is 0 Å². The normalized spacial score (nSPS) is 10.6. The van der Waals surface area contributed by atoms with Crippen molar-refractivity contribution >= 4 is 18.0 Å². The van der Waals surface area contributed by atoms with Crippen molar-refractivity contribution in [2.45, 2.75) is 26.4 Å². The van der Waals surface area contributed by atoms with Crippen molar-refractivity contribution in [3.05, 3.63) is 71.8 Å². The molecule has 28 heavy (non-hydrogen) atoms. The fourth-order valence-corrected chi connectivity index (χ4v) is 2.62. The summed E-state index contributed by atoms with van der Waals surface area (Å²) in [7, 11) is 1.35. The van der Waals surface area contributed by atoms with E-state index in [1.54, 1.807) is 11.0 Å². The maximum Gasteiger partial charge on any atom is 0.307 e. The number of rotatable bonds is 10. The van der Waals surface area contributed by atoms with E-state index in [2.05, 4.69) is 4.74 Å². The second-order valence-corrected chi connectivity index (χ2v) is 6.33. The second kappa shape index (κ2) is 11.6. The Morgan fingerprint density at radius 2 is 1.71 bits per heavy atom. The molecule has 0 aliphatic rings. The van der Waals surface area contributed by atoms with Gasteiger partial charge in [-0.2, -0.15) is 0 Å². The standard InChI is InChI=1S/C23H27NO4/c1-3-16-24(17-15-23(26)27-2)22(25)14-11-19-9-12-21(13-10-19)28-18-20-7-5-4-6-8-20/h4-14H,3,15-18H2,1-2H3/b14-11+. The molecule has 0 aliphatic carbocycles. The molecule has 148 valence electrons. The van der Waals surface area contributed by atoms with Gasteiger partial charge in [-0.25, -0.2) is 0 Å². The number of nitrogens with zero attached hydrogens (tertiary/aromatic N) is 1. The zero-order chi connectivity index (χ0) is 20.2. The Hall–Kier alpha value is -3.08. The van der Waals surface area contributed by atoms with Gasteiger partial charge < -0.3 is 14.4 Å². The predicted molar refractivity (Wildman–Crippen MR) is 110 cm³/mol. The van der Waals surface area contributed by atoms with Gasteiger partial charge in [0, 0.05) is 19.2 Å². The van der Waals surface area contributed by atoms with Crippen molar-refractivity contribution in [1.29, 1.82) is 0 Å². The SMILES string of the molecule is CCCN(CCC(=O)OC)C(=O)/C=C/c1ccc(OCc2ccccc2)cc1. The molecule has 0 unspecified atom stereocenters.